The van der Waals surface area contributed by atoms with Crippen molar-refractivity contribution in [3.05, 3.63) is 23.8 Å². The predicted molar refractivity (Wildman–Crippen MR) is 96.0 cm³/mol. The van der Waals surface area contributed by atoms with Crippen LogP contribution in [0.1, 0.15) is 46.0 Å². The molecule has 144 valence electrons. The van der Waals surface area contributed by atoms with Crippen molar-refractivity contribution in [2.75, 3.05) is 6.61 Å². The van der Waals surface area contributed by atoms with Crippen molar-refractivity contribution in [1.29, 1.82) is 0 Å². The fraction of sp³-hybridized carbons (Fsp3) is 0.762. The normalized spacial score (nSPS) is 51.3. The maximum Gasteiger partial charge on any atom is 0.178 e. The van der Waals surface area contributed by atoms with Gasteiger partial charge in [0.15, 0.2) is 5.78 Å². The molecular formula is C21H30O5. The lowest BCUT2D eigenvalue weighted by Crippen LogP contribution is -2.62. The van der Waals surface area contributed by atoms with E-state index in [1.165, 1.54) is 0 Å². The minimum absolute atomic E-state index is 0.0125. The second-order valence-corrected chi connectivity index (χ2v) is 9.37. The highest BCUT2D eigenvalue weighted by atomic mass is 16.4. The van der Waals surface area contributed by atoms with Crippen LogP contribution >= 0.6 is 0 Å². The van der Waals surface area contributed by atoms with Crippen LogP contribution in [0.5, 0.6) is 0 Å². The molecule has 0 aliphatic heterocycles. The quantitative estimate of drug-likeness (QED) is 0.594. The molecule has 0 aromatic heterocycles. The number of aliphatic hydroxyl groups is 4. The number of aliphatic hydroxyl groups excluding tert-OH is 3. The van der Waals surface area contributed by atoms with Gasteiger partial charge in [0, 0.05) is 16.7 Å². The number of allylic oxidation sites excluding steroid dienone is 4. The molecule has 8 atom stereocenters. The van der Waals surface area contributed by atoms with E-state index in [2.05, 4.69) is 6.92 Å². The van der Waals surface area contributed by atoms with Gasteiger partial charge in [-0.25, -0.2) is 0 Å². The van der Waals surface area contributed by atoms with Crippen molar-refractivity contribution in [3.8, 4) is 0 Å². The summed E-state index contributed by atoms with van der Waals surface area (Å²) in [5.41, 5.74) is -1.21. The zero-order valence-corrected chi connectivity index (χ0v) is 15.6. The van der Waals surface area contributed by atoms with Crippen LogP contribution in [0.2, 0.25) is 0 Å². The van der Waals surface area contributed by atoms with Crippen LogP contribution in [0.4, 0.5) is 0 Å². The summed E-state index contributed by atoms with van der Waals surface area (Å²) in [6.45, 7) is 3.61. The van der Waals surface area contributed by atoms with E-state index < -0.39 is 29.8 Å². The fourth-order valence-corrected chi connectivity index (χ4v) is 7.06. The van der Waals surface area contributed by atoms with E-state index in [1.807, 2.05) is 13.0 Å². The molecule has 0 aromatic rings. The molecule has 5 nitrogen and oxygen atoms in total. The first-order valence-electron chi connectivity index (χ1n) is 9.81. The average molecular weight is 362 g/mol. The van der Waals surface area contributed by atoms with E-state index in [4.69, 9.17) is 0 Å². The smallest absolute Gasteiger partial charge is 0.178 e. The van der Waals surface area contributed by atoms with Crippen LogP contribution in [0.15, 0.2) is 23.8 Å². The molecule has 0 amide bonds. The number of carbonyl (C=O) groups excluding carboxylic acids is 1. The van der Waals surface area contributed by atoms with E-state index in [-0.39, 0.29) is 29.0 Å². The topological polar surface area (TPSA) is 98.0 Å². The van der Waals surface area contributed by atoms with Crippen molar-refractivity contribution < 1.29 is 25.2 Å². The minimum Gasteiger partial charge on any atom is -0.394 e. The van der Waals surface area contributed by atoms with Gasteiger partial charge < -0.3 is 20.4 Å². The molecule has 0 aromatic carbocycles. The van der Waals surface area contributed by atoms with Gasteiger partial charge in [-0.1, -0.05) is 25.5 Å². The van der Waals surface area contributed by atoms with Gasteiger partial charge in [0.25, 0.3) is 0 Å². The summed E-state index contributed by atoms with van der Waals surface area (Å²) in [4.78, 5) is 11.8. The van der Waals surface area contributed by atoms with Crippen molar-refractivity contribution in [2.45, 2.75) is 63.8 Å². The second kappa shape index (κ2) is 5.74. The molecule has 26 heavy (non-hydrogen) atoms. The van der Waals surface area contributed by atoms with Crippen LogP contribution in [-0.2, 0) is 4.79 Å². The first-order valence-corrected chi connectivity index (χ1v) is 9.81. The molecule has 4 rings (SSSR count). The SMILES string of the molecule is C[C@]12C=CC(=O)C=C1CC[C@@H]1[C@@H]2[C@@H](O)C[C@@]2(C)[C@H]1CC[C@]2(O)C(O)CO. The maximum atomic E-state index is 11.8. The molecule has 0 spiro atoms. The summed E-state index contributed by atoms with van der Waals surface area (Å²) in [5, 5.41) is 42.2. The Kier molecular flexibility index (Phi) is 4.05. The molecule has 4 aliphatic rings. The van der Waals surface area contributed by atoms with Gasteiger partial charge in [0.2, 0.25) is 0 Å². The van der Waals surface area contributed by atoms with Crippen molar-refractivity contribution in [1.82, 2.24) is 0 Å². The Morgan fingerprint density at radius 1 is 1.31 bits per heavy atom. The minimum atomic E-state index is -1.37. The number of carbonyl (C=O) groups is 1. The summed E-state index contributed by atoms with van der Waals surface area (Å²) >= 11 is 0. The fourth-order valence-electron chi connectivity index (χ4n) is 7.06. The van der Waals surface area contributed by atoms with Gasteiger partial charge in [-0.15, -0.1) is 0 Å². The molecule has 0 saturated heterocycles. The van der Waals surface area contributed by atoms with Gasteiger partial charge in [-0.3, -0.25) is 4.79 Å². The third-order valence-corrected chi connectivity index (χ3v) is 8.44. The van der Waals surface area contributed by atoms with Crippen LogP contribution in [0.3, 0.4) is 0 Å². The number of ketones is 1. The Labute approximate surface area is 154 Å². The highest BCUT2D eigenvalue weighted by Gasteiger charge is 2.67. The lowest BCUT2D eigenvalue weighted by molar-refractivity contribution is -0.204. The van der Waals surface area contributed by atoms with Gasteiger partial charge in [0.05, 0.1) is 18.3 Å². The van der Waals surface area contributed by atoms with Crippen LogP contribution < -0.4 is 0 Å². The molecule has 3 fully saturated rings. The highest BCUT2D eigenvalue weighted by molar-refractivity contribution is 6.01. The first-order chi connectivity index (χ1) is 12.2. The monoisotopic (exact) mass is 362 g/mol. The standard InChI is InChI=1S/C21H30O5/c1-19-7-5-13(23)9-12(19)3-4-14-15-6-8-21(26,17(25)11-22)20(15,2)10-16(24)18(14)19/h5,7,9,14-18,22,24-26H,3-4,6,8,10-11H2,1-2H3/t14-,15-,16-,17?,18+,19-,20-,21-/m0/s1. The van der Waals surface area contributed by atoms with Crippen LogP contribution in [0, 0.1) is 28.6 Å². The maximum absolute atomic E-state index is 11.8. The Hall–Kier alpha value is -1.01. The van der Waals surface area contributed by atoms with E-state index in [0.717, 1.165) is 24.8 Å². The molecule has 3 saturated carbocycles. The summed E-state index contributed by atoms with van der Waals surface area (Å²) in [6.07, 6.45) is 6.85. The molecule has 0 radical (unpaired) electrons. The van der Waals surface area contributed by atoms with Gasteiger partial charge in [-0.2, -0.15) is 0 Å². The Balaban J connectivity index is 1.74. The zero-order chi connectivity index (χ0) is 18.9. The van der Waals surface area contributed by atoms with E-state index in [9.17, 15) is 25.2 Å². The largest absolute Gasteiger partial charge is 0.394 e. The first kappa shape index (κ1) is 18.4. The number of hydrogen-bond acceptors (Lipinski definition) is 5. The predicted octanol–water partition coefficient (Wildman–Crippen LogP) is 1.35. The lowest BCUT2D eigenvalue weighted by Gasteiger charge is -2.60. The third-order valence-electron chi connectivity index (χ3n) is 8.44. The Bertz CT molecular complexity index is 684. The number of hydrogen-bond donors (Lipinski definition) is 4. The van der Waals surface area contributed by atoms with E-state index in [0.29, 0.717) is 12.8 Å². The molecular weight excluding hydrogens is 332 g/mol. The summed E-state index contributed by atoms with van der Waals surface area (Å²) in [5.74, 6) is 0.445. The lowest BCUT2D eigenvalue weighted by atomic mass is 9.46. The Morgan fingerprint density at radius 2 is 2.04 bits per heavy atom. The van der Waals surface area contributed by atoms with Crippen molar-refractivity contribution in [2.24, 2.45) is 28.6 Å². The van der Waals surface area contributed by atoms with E-state index in [1.54, 1.807) is 12.2 Å². The van der Waals surface area contributed by atoms with Crippen LogP contribution in [0.25, 0.3) is 0 Å². The molecule has 0 bridgehead atoms. The summed E-state index contributed by atoms with van der Waals surface area (Å²) < 4.78 is 0. The molecule has 5 heteroatoms. The molecule has 0 heterocycles. The molecule has 4 aliphatic carbocycles. The third kappa shape index (κ3) is 2.15. The van der Waals surface area contributed by atoms with Crippen molar-refractivity contribution in [3.63, 3.8) is 0 Å². The van der Waals surface area contributed by atoms with Crippen LogP contribution in [-0.4, -0.2) is 50.6 Å². The molecule has 1 unspecified atom stereocenters. The van der Waals surface area contributed by atoms with E-state index >= 15 is 0 Å². The Morgan fingerprint density at radius 3 is 2.73 bits per heavy atom. The molecule has 4 N–H and O–H groups in total. The zero-order valence-electron chi connectivity index (χ0n) is 15.6. The van der Waals surface area contributed by atoms with Gasteiger partial charge in [-0.05, 0) is 56.1 Å². The number of fused-ring (bicyclic) bond motifs is 5. The van der Waals surface area contributed by atoms with Gasteiger partial charge >= 0.3 is 0 Å². The second-order valence-electron chi connectivity index (χ2n) is 9.37. The van der Waals surface area contributed by atoms with Crippen molar-refractivity contribution >= 4 is 5.78 Å². The summed E-state index contributed by atoms with van der Waals surface area (Å²) in [6, 6.07) is 0. The average Bonchev–Trinajstić information content (AvgIpc) is 2.86. The van der Waals surface area contributed by atoms with Gasteiger partial charge in [0.1, 0.15) is 6.10 Å². The summed E-state index contributed by atoms with van der Waals surface area (Å²) in [7, 11) is 0. The highest BCUT2D eigenvalue weighted by Crippen LogP contribution is 2.67. The number of rotatable bonds is 2.